The molecule has 2 aromatic heterocycles. The van der Waals surface area contributed by atoms with Crippen LogP contribution >= 0.6 is 11.5 Å². The molecule has 5 heterocycles. The molecule has 3 saturated heterocycles. The highest BCUT2D eigenvalue weighted by Crippen LogP contribution is 2.38. The molecule has 3 aliphatic heterocycles. The van der Waals surface area contributed by atoms with Crippen LogP contribution in [0.4, 0.5) is 16.8 Å². The van der Waals surface area contributed by atoms with Gasteiger partial charge in [0, 0.05) is 57.1 Å². The van der Waals surface area contributed by atoms with Crippen LogP contribution in [0.15, 0.2) is 12.3 Å². The first-order valence-electron chi connectivity index (χ1n) is 12.3. The van der Waals surface area contributed by atoms with E-state index in [0.717, 1.165) is 61.3 Å². The van der Waals surface area contributed by atoms with Crippen LogP contribution in [-0.4, -0.2) is 94.0 Å². The largest absolute Gasteiger partial charge is 0.352 e. The van der Waals surface area contributed by atoms with E-state index in [1.54, 1.807) is 0 Å². The standard InChI is InChI=1S/C24H35N9S/c1-18-13-26-23(27-21-12-19(29-34-21)14-30(2)3)28-22(18)32-16-24(17-32,7-8-25)33-11-10-31-9-5-4-6-20(31)15-33/h12-13,20H,4-7,9-11,14-17H2,1-3H3,(H,26,27,28)/t20-/m0/s1. The molecule has 0 bridgehead atoms. The number of piperazine rings is 1. The summed E-state index contributed by atoms with van der Waals surface area (Å²) in [5.74, 6) is 1.55. The molecule has 2 aromatic rings. The molecule has 1 N–H and O–H groups in total. The van der Waals surface area contributed by atoms with Gasteiger partial charge < -0.3 is 15.1 Å². The van der Waals surface area contributed by atoms with Crippen LogP contribution < -0.4 is 10.2 Å². The minimum Gasteiger partial charge on any atom is -0.352 e. The third-order valence-corrected chi connectivity index (χ3v) is 8.15. The van der Waals surface area contributed by atoms with Gasteiger partial charge in [-0.3, -0.25) is 9.80 Å². The Hall–Kier alpha value is -2.32. The van der Waals surface area contributed by atoms with E-state index in [1.807, 2.05) is 20.3 Å². The van der Waals surface area contributed by atoms with Crippen molar-refractivity contribution < 1.29 is 0 Å². The highest BCUT2D eigenvalue weighted by molar-refractivity contribution is 7.10. The van der Waals surface area contributed by atoms with Gasteiger partial charge in [-0.15, -0.1) is 0 Å². The quantitative estimate of drug-likeness (QED) is 0.641. The molecular weight excluding hydrogens is 446 g/mol. The lowest BCUT2D eigenvalue weighted by molar-refractivity contribution is -0.0249. The van der Waals surface area contributed by atoms with Crippen molar-refractivity contribution in [2.45, 2.75) is 50.7 Å². The summed E-state index contributed by atoms with van der Waals surface area (Å²) in [6.07, 6.45) is 6.41. The zero-order valence-corrected chi connectivity index (χ0v) is 21.3. The number of rotatable bonds is 7. The number of nitriles is 1. The van der Waals surface area contributed by atoms with Gasteiger partial charge in [0.1, 0.15) is 10.8 Å². The predicted molar refractivity (Wildman–Crippen MR) is 136 cm³/mol. The van der Waals surface area contributed by atoms with Crippen LogP contribution in [-0.2, 0) is 6.54 Å². The fraction of sp³-hybridized carbons (Fsp3) is 0.667. The molecule has 5 rings (SSSR count). The van der Waals surface area contributed by atoms with Gasteiger partial charge in [-0.25, -0.2) is 4.98 Å². The van der Waals surface area contributed by atoms with Gasteiger partial charge in [-0.05, 0) is 58.0 Å². The topological polar surface area (TPSA) is 87.4 Å². The zero-order chi connectivity index (χ0) is 23.7. The van der Waals surface area contributed by atoms with Gasteiger partial charge in [0.25, 0.3) is 0 Å². The molecule has 0 spiro atoms. The number of fused-ring (bicyclic) bond motifs is 1. The summed E-state index contributed by atoms with van der Waals surface area (Å²) in [6.45, 7) is 9.07. The van der Waals surface area contributed by atoms with Crippen molar-refractivity contribution >= 4 is 28.3 Å². The monoisotopic (exact) mass is 481 g/mol. The minimum absolute atomic E-state index is 0.0674. The molecule has 182 valence electrons. The van der Waals surface area contributed by atoms with Crippen LogP contribution in [0, 0.1) is 18.3 Å². The Kier molecular flexibility index (Phi) is 6.71. The summed E-state index contributed by atoms with van der Waals surface area (Å²) >= 11 is 1.43. The fourth-order valence-corrected chi connectivity index (χ4v) is 6.32. The second kappa shape index (κ2) is 9.74. The Morgan fingerprint density at radius 2 is 2.12 bits per heavy atom. The van der Waals surface area contributed by atoms with Gasteiger partial charge in [0.2, 0.25) is 5.95 Å². The molecule has 3 aliphatic rings. The fourth-order valence-electron chi connectivity index (χ4n) is 5.66. The molecule has 1 atom stereocenters. The van der Waals surface area contributed by atoms with Crippen molar-refractivity contribution in [1.82, 2.24) is 29.0 Å². The predicted octanol–water partition coefficient (Wildman–Crippen LogP) is 2.69. The summed E-state index contributed by atoms with van der Waals surface area (Å²) in [4.78, 5) is 19.1. The molecular formula is C24H35N9S. The molecule has 0 aromatic carbocycles. The lowest BCUT2D eigenvalue weighted by atomic mass is 9.82. The van der Waals surface area contributed by atoms with Gasteiger partial charge in [0.05, 0.1) is 23.7 Å². The average molecular weight is 482 g/mol. The molecule has 10 heteroatoms. The van der Waals surface area contributed by atoms with E-state index < -0.39 is 0 Å². The van der Waals surface area contributed by atoms with Crippen molar-refractivity contribution in [2.24, 2.45) is 0 Å². The molecule has 0 amide bonds. The molecule has 34 heavy (non-hydrogen) atoms. The Morgan fingerprint density at radius 3 is 2.91 bits per heavy atom. The summed E-state index contributed by atoms with van der Waals surface area (Å²) < 4.78 is 4.51. The zero-order valence-electron chi connectivity index (χ0n) is 20.5. The van der Waals surface area contributed by atoms with Crippen molar-refractivity contribution in [3.05, 3.63) is 23.5 Å². The van der Waals surface area contributed by atoms with Crippen LogP contribution in [0.5, 0.6) is 0 Å². The number of anilines is 3. The summed E-state index contributed by atoms with van der Waals surface area (Å²) in [6, 6.07) is 5.20. The van der Waals surface area contributed by atoms with E-state index in [2.05, 4.69) is 53.3 Å². The summed E-state index contributed by atoms with van der Waals surface area (Å²) in [5, 5.41) is 13.9. The first-order chi connectivity index (χ1) is 16.5. The Morgan fingerprint density at radius 1 is 1.26 bits per heavy atom. The number of aryl methyl sites for hydroxylation is 1. The second-order valence-corrected chi connectivity index (χ2v) is 11.1. The first kappa shape index (κ1) is 23.4. The maximum atomic E-state index is 9.66. The normalized spacial score (nSPS) is 22.8. The van der Waals surface area contributed by atoms with Gasteiger partial charge in [-0.1, -0.05) is 6.42 Å². The van der Waals surface area contributed by atoms with Gasteiger partial charge in [0.15, 0.2) is 0 Å². The van der Waals surface area contributed by atoms with Gasteiger partial charge in [-0.2, -0.15) is 14.6 Å². The van der Waals surface area contributed by atoms with E-state index in [4.69, 9.17) is 4.98 Å². The van der Waals surface area contributed by atoms with E-state index in [-0.39, 0.29) is 5.54 Å². The van der Waals surface area contributed by atoms with E-state index >= 15 is 0 Å². The smallest absolute Gasteiger partial charge is 0.229 e. The molecule has 0 unspecified atom stereocenters. The number of hydrogen-bond donors (Lipinski definition) is 1. The van der Waals surface area contributed by atoms with Crippen molar-refractivity contribution in [1.29, 1.82) is 5.26 Å². The maximum Gasteiger partial charge on any atom is 0.229 e. The molecule has 3 fully saturated rings. The third-order valence-electron chi connectivity index (χ3n) is 7.40. The van der Waals surface area contributed by atoms with Gasteiger partial charge >= 0.3 is 0 Å². The number of hydrogen-bond acceptors (Lipinski definition) is 10. The summed E-state index contributed by atoms with van der Waals surface area (Å²) in [5.41, 5.74) is 2.03. The number of piperidine rings is 1. The van der Waals surface area contributed by atoms with Crippen molar-refractivity contribution in [3.63, 3.8) is 0 Å². The Balaban J connectivity index is 1.27. The van der Waals surface area contributed by atoms with Crippen LogP contribution in [0.25, 0.3) is 0 Å². The third kappa shape index (κ3) is 4.75. The van der Waals surface area contributed by atoms with Crippen LogP contribution in [0.3, 0.4) is 0 Å². The van der Waals surface area contributed by atoms with Crippen LogP contribution in [0.1, 0.15) is 36.9 Å². The summed E-state index contributed by atoms with van der Waals surface area (Å²) in [7, 11) is 4.08. The lowest BCUT2D eigenvalue weighted by Gasteiger charge is -2.59. The highest BCUT2D eigenvalue weighted by Gasteiger charge is 2.50. The molecule has 0 aliphatic carbocycles. The van der Waals surface area contributed by atoms with Crippen molar-refractivity contribution in [2.75, 3.05) is 63.6 Å². The first-order valence-corrected chi connectivity index (χ1v) is 13.1. The Bertz CT molecular complexity index is 1040. The number of nitrogens with one attached hydrogen (secondary N) is 1. The average Bonchev–Trinajstić information content (AvgIpc) is 3.23. The minimum atomic E-state index is -0.0674. The maximum absolute atomic E-state index is 9.66. The number of aromatic nitrogens is 3. The number of nitrogens with zero attached hydrogens (tertiary/aromatic N) is 8. The second-order valence-electron chi connectivity index (χ2n) is 10.3. The van der Waals surface area contributed by atoms with Crippen LogP contribution in [0.2, 0.25) is 0 Å². The van der Waals surface area contributed by atoms with E-state index in [9.17, 15) is 5.26 Å². The van der Waals surface area contributed by atoms with Crippen molar-refractivity contribution in [3.8, 4) is 6.07 Å². The SMILES string of the molecule is Cc1cnc(Nc2cc(CN(C)C)ns2)nc1N1CC(CC#N)(N2CCN3CCCC[C@H]3C2)C1. The van der Waals surface area contributed by atoms with E-state index in [1.165, 1.54) is 37.3 Å². The molecule has 0 saturated carbocycles. The Labute approximate surface area is 206 Å². The lowest BCUT2D eigenvalue weighted by Crippen LogP contribution is -2.74. The highest BCUT2D eigenvalue weighted by atomic mass is 32.1. The molecule has 0 radical (unpaired) electrons. The van der Waals surface area contributed by atoms with E-state index in [0.29, 0.717) is 18.4 Å². The molecule has 9 nitrogen and oxygen atoms in total.